The summed E-state index contributed by atoms with van der Waals surface area (Å²) in [5, 5.41) is 0. The van der Waals surface area contributed by atoms with E-state index in [1.165, 1.54) is 39.9 Å². The van der Waals surface area contributed by atoms with Crippen molar-refractivity contribution in [1.29, 1.82) is 0 Å². The molecule has 37 heavy (non-hydrogen) atoms. The van der Waals surface area contributed by atoms with E-state index < -0.39 is 11.7 Å². The predicted molar refractivity (Wildman–Crippen MR) is 150 cm³/mol. The smallest absolute Gasteiger partial charge is 0.339 e. The topological polar surface area (TPSA) is 3.24 Å². The molecule has 0 amide bonds. The maximum Gasteiger partial charge on any atom is 0.416 e. The zero-order valence-electron chi connectivity index (χ0n) is 23.3. The number of rotatable bonds is 8. The van der Waals surface area contributed by atoms with E-state index >= 15 is 0 Å². The fourth-order valence-electron chi connectivity index (χ4n) is 6.08. The van der Waals surface area contributed by atoms with E-state index in [2.05, 4.69) is 89.8 Å². The highest BCUT2D eigenvalue weighted by molar-refractivity contribution is 5.83. The number of halogens is 3. The Morgan fingerprint density at radius 3 is 1.86 bits per heavy atom. The van der Waals surface area contributed by atoms with Gasteiger partial charge < -0.3 is 4.90 Å². The van der Waals surface area contributed by atoms with Crippen molar-refractivity contribution in [2.24, 2.45) is 0 Å². The van der Waals surface area contributed by atoms with Crippen molar-refractivity contribution in [1.82, 2.24) is 0 Å². The highest BCUT2D eigenvalue weighted by atomic mass is 19.4. The van der Waals surface area contributed by atoms with Crippen molar-refractivity contribution in [3.63, 3.8) is 0 Å². The molecule has 198 valence electrons. The van der Waals surface area contributed by atoms with Crippen LogP contribution in [0.4, 0.5) is 24.5 Å². The lowest BCUT2D eigenvalue weighted by molar-refractivity contribution is -0.137. The van der Waals surface area contributed by atoms with E-state index in [1.54, 1.807) is 12.1 Å². The molecule has 3 aromatic carbocycles. The third kappa shape index (κ3) is 5.04. The second-order valence-electron chi connectivity index (χ2n) is 11.8. The Bertz CT molecular complexity index is 1250. The summed E-state index contributed by atoms with van der Waals surface area (Å²) in [7, 11) is 0. The quantitative estimate of drug-likeness (QED) is 0.293. The largest absolute Gasteiger partial charge is 0.416 e. The van der Waals surface area contributed by atoms with Gasteiger partial charge >= 0.3 is 6.18 Å². The lowest BCUT2D eigenvalue weighted by Crippen LogP contribution is -2.28. The van der Waals surface area contributed by atoms with Gasteiger partial charge in [0.05, 0.1) is 5.56 Å². The Balaban J connectivity index is 1.78. The van der Waals surface area contributed by atoms with Crippen molar-refractivity contribution in [2.45, 2.75) is 97.2 Å². The zero-order chi connectivity index (χ0) is 27.2. The number of anilines is 2. The van der Waals surface area contributed by atoms with Crippen LogP contribution in [0.25, 0.3) is 11.1 Å². The maximum atomic E-state index is 13.2. The first-order valence-corrected chi connectivity index (χ1v) is 13.6. The molecular formula is C33H40F3N. The first-order chi connectivity index (χ1) is 17.3. The fourth-order valence-corrected chi connectivity index (χ4v) is 6.08. The van der Waals surface area contributed by atoms with Crippen LogP contribution in [-0.4, -0.2) is 6.04 Å². The number of nitrogens with zero attached hydrogens (tertiary/aromatic N) is 1. The van der Waals surface area contributed by atoms with E-state index in [0.29, 0.717) is 0 Å². The molecule has 0 N–H and O–H groups in total. The van der Waals surface area contributed by atoms with Crippen LogP contribution in [-0.2, 0) is 17.0 Å². The Kier molecular flexibility index (Phi) is 7.27. The first kappa shape index (κ1) is 27.3. The van der Waals surface area contributed by atoms with Gasteiger partial charge in [0.1, 0.15) is 0 Å². The molecule has 0 fully saturated rings. The Labute approximate surface area is 220 Å². The van der Waals surface area contributed by atoms with Gasteiger partial charge in [-0.05, 0) is 89.4 Å². The number of fused-ring (bicyclic) bond motifs is 3. The Morgan fingerprint density at radius 1 is 0.757 bits per heavy atom. The van der Waals surface area contributed by atoms with E-state index in [-0.39, 0.29) is 16.9 Å². The molecule has 1 nitrogen and oxygen atoms in total. The van der Waals surface area contributed by atoms with Crippen LogP contribution in [0.1, 0.15) is 96.4 Å². The maximum absolute atomic E-state index is 13.2. The molecule has 4 rings (SSSR count). The SMILES string of the molecule is CCCC(C)N(c1ccc(C(F)(F)F)cc1)c1ccc2c(c1)C(C)(C)c1cc(C(C)(C)CCC)ccc1-2. The molecule has 0 bridgehead atoms. The summed E-state index contributed by atoms with van der Waals surface area (Å²) in [6.45, 7) is 15.7. The molecule has 1 unspecified atom stereocenters. The van der Waals surface area contributed by atoms with Crippen molar-refractivity contribution in [2.75, 3.05) is 4.90 Å². The van der Waals surface area contributed by atoms with Crippen LogP contribution in [0.15, 0.2) is 60.7 Å². The third-order valence-electron chi connectivity index (χ3n) is 8.21. The minimum absolute atomic E-state index is 0.120. The molecule has 4 heteroatoms. The zero-order valence-corrected chi connectivity index (χ0v) is 23.3. The fraction of sp³-hybridized carbons (Fsp3) is 0.455. The second-order valence-corrected chi connectivity index (χ2v) is 11.8. The van der Waals surface area contributed by atoms with Gasteiger partial charge in [0.15, 0.2) is 0 Å². The summed E-state index contributed by atoms with van der Waals surface area (Å²) in [5.41, 5.74) is 7.66. The van der Waals surface area contributed by atoms with Crippen molar-refractivity contribution in [3.05, 3.63) is 82.9 Å². The first-order valence-electron chi connectivity index (χ1n) is 13.6. The van der Waals surface area contributed by atoms with E-state index in [9.17, 15) is 13.2 Å². The molecule has 0 radical (unpaired) electrons. The molecule has 0 aromatic heterocycles. The molecule has 3 aromatic rings. The van der Waals surface area contributed by atoms with Crippen LogP contribution in [0.3, 0.4) is 0 Å². The van der Waals surface area contributed by atoms with Crippen LogP contribution in [0, 0.1) is 0 Å². The van der Waals surface area contributed by atoms with E-state index in [0.717, 1.165) is 37.1 Å². The van der Waals surface area contributed by atoms with Crippen molar-refractivity contribution >= 4 is 11.4 Å². The molecule has 1 aliphatic carbocycles. The van der Waals surface area contributed by atoms with Gasteiger partial charge in [0.25, 0.3) is 0 Å². The van der Waals surface area contributed by atoms with Gasteiger partial charge in [-0.1, -0.05) is 78.6 Å². The van der Waals surface area contributed by atoms with E-state index in [4.69, 9.17) is 0 Å². The van der Waals surface area contributed by atoms with Crippen LogP contribution in [0.2, 0.25) is 0 Å². The van der Waals surface area contributed by atoms with E-state index in [1.807, 2.05) is 0 Å². The number of alkyl halides is 3. The number of benzene rings is 3. The Hall–Kier alpha value is -2.75. The Morgan fingerprint density at radius 2 is 1.30 bits per heavy atom. The van der Waals surface area contributed by atoms with Crippen LogP contribution >= 0.6 is 0 Å². The second kappa shape index (κ2) is 9.85. The summed E-state index contributed by atoms with van der Waals surface area (Å²) in [6, 6.07) is 19.3. The molecule has 0 spiro atoms. The van der Waals surface area contributed by atoms with Gasteiger partial charge in [-0.3, -0.25) is 0 Å². The molecule has 1 atom stereocenters. The average molecular weight is 508 g/mol. The van der Waals surface area contributed by atoms with Gasteiger partial charge in [0.2, 0.25) is 0 Å². The highest BCUT2D eigenvalue weighted by Gasteiger charge is 2.37. The van der Waals surface area contributed by atoms with Gasteiger partial charge in [-0.25, -0.2) is 0 Å². The molecule has 0 saturated heterocycles. The summed E-state index contributed by atoms with van der Waals surface area (Å²) in [4.78, 5) is 2.19. The van der Waals surface area contributed by atoms with Crippen LogP contribution in [0.5, 0.6) is 0 Å². The molecule has 0 aliphatic heterocycles. The summed E-state index contributed by atoms with van der Waals surface area (Å²) in [6.07, 6.45) is -0.117. The highest BCUT2D eigenvalue weighted by Crippen LogP contribution is 2.51. The normalized spacial score (nSPS) is 15.3. The van der Waals surface area contributed by atoms with Crippen molar-refractivity contribution in [3.8, 4) is 11.1 Å². The minimum atomic E-state index is -4.34. The third-order valence-corrected chi connectivity index (χ3v) is 8.21. The predicted octanol–water partition coefficient (Wildman–Crippen LogP) is 10.4. The molecule has 0 saturated carbocycles. The minimum Gasteiger partial charge on any atom is -0.339 e. The number of hydrogen-bond acceptors (Lipinski definition) is 1. The summed E-state index contributed by atoms with van der Waals surface area (Å²) >= 11 is 0. The standard InChI is InChI=1S/C33H40F3N/c1-8-10-22(3)37(25-14-11-23(12-15-25)33(34,35)36)26-16-18-28-27-17-13-24(31(4,5)19-9-2)20-29(27)32(6,7)30(28)21-26/h11-18,20-22H,8-10,19H2,1-7H3. The van der Waals surface area contributed by atoms with Gasteiger partial charge in [-0.15, -0.1) is 0 Å². The summed E-state index contributed by atoms with van der Waals surface area (Å²) < 4.78 is 39.7. The van der Waals surface area contributed by atoms with Gasteiger partial charge in [-0.2, -0.15) is 13.2 Å². The van der Waals surface area contributed by atoms with Gasteiger partial charge in [0, 0.05) is 22.8 Å². The molecular weight excluding hydrogens is 467 g/mol. The van der Waals surface area contributed by atoms with Crippen molar-refractivity contribution < 1.29 is 13.2 Å². The summed E-state index contributed by atoms with van der Waals surface area (Å²) in [5.74, 6) is 0. The molecule has 1 aliphatic rings. The average Bonchev–Trinajstić information content (AvgIpc) is 3.05. The molecule has 0 heterocycles. The number of hydrogen-bond donors (Lipinski definition) is 0. The lowest BCUT2D eigenvalue weighted by atomic mass is 9.76. The van der Waals surface area contributed by atoms with Crippen LogP contribution < -0.4 is 4.90 Å². The monoisotopic (exact) mass is 507 g/mol. The lowest BCUT2D eigenvalue weighted by Gasteiger charge is -2.33.